The van der Waals surface area contributed by atoms with E-state index in [1.807, 2.05) is 0 Å². The van der Waals surface area contributed by atoms with Crippen LogP contribution in [0.4, 0.5) is 0 Å². The first-order valence-corrected chi connectivity index (χ1v) is 15.6. The molecule has 0 aliphatic heterocycles. The molecule has 0 atom stereocenters. The molecule has 0 aromatic carbocycles. The molecule has 0 heterocycles. The van der Waals surface area contributed by atoms with Gasteiger partial charge < -0.3 is 17.7 Å². The molecule has 0 N–H and O–H groups in total. The van der Waals surface area contributed by atoms with Crippen LogP contribution in [-0.2, 0) is 17.7 Å². The van der Waals surface area contributed by atoms with Gasteiger partial charge in [0, 0.05) is 24.4 Å². The van der Waals surface area contributed by atoms with E-state index in [4.69, 9.17) is 17.7 Å². The molecule has 0 radical (unpaired) electrons. The van der Waals surface area contributed by atoms with E-state index in [9.17, 15) is 0 Å². The SMILES string of the molecule is CC(C)O[Si](C)(CCCCCC[Si](C)(OC(C)C)OC(C)C)OC(C)C. The average Bonchev–Trinajstić information content (AvgIpc) is 2.38. The molecule has 0 fully saturated rings. The average molecular weight is 407 g/mol. The van der Waals surface area contributed by atoms with Crippen LogP contribution in [0.5, 0.6) is 0 Å². The maximum atomic E-state index is 6.18. The number of unbranched alkanes of at least 4 members (excludes halogenated alkanes) is 3. The molecular weight excluding hydrogens is 360 g/mol. The van der Waals surface area contributed by atoms with Crippen molar-refractivity contribution in [3.05, 3.63) is 0 Å². The van der Waals surface area contributed by atoms with Crippen molar-refractivity contribution in [3.63, 3.8) is 0 Å². The summed E-state index contributed by atoms with van der Waals surface area (Å²) in [7, 11) is -4.11. The lowest BCUT2D eigenvalue weighted by Gasteiger charge is -2.32. The summed E-state index contributed by atoms with van der Waals surface area (Å²) in [4.78, 5) is 0. The third kappa shape index (κ3) is 13.4. The van der Waals surface area contributed by atoms with Crippen molar-refractivity contribution >= 4 is 17.1 Å². The first-order valence-electron chi connectivity index (χ1n) is 10.6. The summed E-state index contributed by atoms with van der Waals surface area (Å²) >= 11 is 0. The van der Waals surface area contributed by atoms with E-state index < -0.39 is 17.1 Å². The normalized spacial score (nSPS) is 13.6. The Morgan fingerprint density at radius 3 is 0.885 bits per heavy atom. The minimum atomic E-state index is -2.06. The van der Waals surface area contributed by atoms with Gasteiger partial charge in [-0.1, -0.05) is 25.7 Å². The standard InChI is InChI=1S/C20H46O4Si2/c1-17(2)21-25(9,22-18(3)4)15-13-11-12-14-16-26(10,23-19(5)6)24-20(7)8/h17-20H,11-16H2,1-10H3. The van der Waals surface area contributed by atoms with Gasteiger partial charge in [0.2, 0.25) is 0 Å². The van der Waals surface area contributed by atoms with Crippen LogP contribution in [-0.4, -0.2) is 41.5 Å². The van der Waals surface area contributed by atoms with Crippen LogP contribution < -0.4 is 0 Å². The van der Waals surface area contributed by atoms with Gasteiger partial charge in [-0.3, -0.25) is 0 Å². The van der Waals surface area contributed by atoms with E-state index in [1.165, 1.54) is 25.7 Å². The van der Waals surface area contributed by atoms with Crippen molar-refractivity contribution in [2.24, 2.45) is 0 Å². The van der Waals surface area contributed by atoms with E-state index >= 15 is 0 Å². The van der Waals surface area contributed by atoms with Gasteiger partial charge >= 0.3 is 17.1 Å². The second-order valence-corrected chi connectivity index (χ2v) is 15.3. The van der Waals surface area contributed by atoms with Gasteiger partial charge in [-0.2, -0.15) is 0 Å². The fraction of sp³-hybridized carbons (Fsp3) is 1.00. The van der Waals surface area contributed by atoms with Crippen molar-refractivity contribution in [2.45, 2.75) is 131 Å². The predicted octanol–water partition coefficient (Wildman–Crippen LogP) is 6.39. The Morgan fingerprint density at radius 1 is 0.462 bits per heavy atom. The highest BCUT2D eigenvalue weighted by molar-refractivity contribution is 6.66. The molecule has 0 aromatic rings. The smallest absolute Gasteiger partial charge is 0.335 e. The molecule has 0 saturated carbocycles. The maximum Gasteiger partial charge on any atom is 0.335 e. The zero-order valence-electron chi connectivity index (χ0n) is 19.2. The van der Waals surface area contributed by atoms with E-state index in [0.717, 1.165) is 12.1 Å². The van der Waals surface area contributed by atoms with Crippen LogP contribution in [0.1, 0.15) is 81.1 Å². The third-order valence-electron chi connectivity index (χ3n) is 3.95. The van der Waals surface area contributed by atoms with Crippen LogP contribution in [0.3, 0.4) is 0 Å². The molecule has 0 bridgehead atoms. The van der Waals surface area contributed by atoms with Crippen molar-refractivity contribution in [1.82, 2.24) is 0 Å². The van der Waals surface area contributed by atoms with Gasteiger partial charge in [0.1, 0.15) is 0 Å². The molecule has 0 aromatic heterocycles. The second-order valence-electron chi connectivity index (χ2n) is 8.85. The largest absolute Gasteiger partial charge is 0.392 e. The van der Waals surface area contributed by atoms with Crippen molar-refractivity contribution in [2.75, 3.05) is 0 Å². The van der Waals surface area contributed by atoms with E-state index in [0.29, 0.717) is 0 Å². The predicted molar refractivity (Wildman–Crippen MR) is 116 cm³/mol. The van der Waals surface area contributed by atoms with Crippen LogP contribution in [0.25, 0.3) is 0 Å². The Balaban J connectivity index is 4.29. The van der Waals surface area contributed by atoms with Crippen molar-refractivity contribution < 1.29 is 17.7 Å². The van der Waals surface area contributed by atoms with Crippen LogP contribution in [0, 0.1) is 0 Å². The Bertz CT molecular complexity index is 306. The van der Waals surface area contributed by atoms with Crippen molar-refractivity contribution in [3.8, 4) is 0 Å². The molecule has 0 amide bonds. The highest BCUT2D eigenvalue weighted by Gasteiger charge is 2.34. The first kappa shape index (κ1) is 26.3. The molecule has 158 valence electrons. The topological polar surface area (TPSA) is 36.9 Å². The summed E-state index contributed by atoms with van der Waals surface area (Å²) in [5.41, 5.74) is 0. The zero-order chi connectivity index (χ0) is 20.4. The first-order chi connectivity index (χ1) is 11.9. The monoisotopic (exact) mass is 406 g/mol. The van der Waals surface area contributed by atoms with E-state index in [1.54, 1.807) is 0 Å². The summed E-state index contributed by atoms with van der Waals surface area (Å²) in [6.45, 7) is 21.2. The summed E-state index contributed by atoms with van der Waals surface area (Å²) in [5.74, 6) is 0. The molecule has 0 unspecified atom stereocenters. The highest BCUT2D eigenvalue weighted by atomic mass is 28.4. The lowest BCUT2D eigenvalue weighted by molar-refractivity contribution is 0.107. The third-order valence-corrected chi connectivity index (χ3v) is 10.4. The number of hydrogen-bond donors (Lipinski definition) is 0. The fourth-order valence-electron chi connectivity index (χ4n) is 3.53. The summed E-state index contributed by atoms with van der Waals surface area (Å²) in [6, 6.07) is 2.14. The minimum absolute atomic E-state index is 0.235. The molecule has 26 heavy (non-hydrogen) atoms. The van der Waals surface area contributed by atoms with Crippen LogP contribution in [0.15, 0.2) is 0 Å². The number of rotatable bonds is 15. The summed E-state index contributed by atoms with van der Waals surface area (Å²) < 4.78 is 24.7. The van der Waals surface area contributed by atoms with Crippen LogP contribution in [0.2, 0.25) is 25.2 Å². The molecule has 0 aliphatic carbocycles. The Morgan fingerprint density at radius 2 is 0.692 bits per heavy atom. The molecule has 0 saturated heterocycles. The fourth-order valence-corrected chi connectivity index (χ4v) is 9.89. The number of hydrogen-bond acceptors (Lipinski definition) is 4. The minimum Gasteiger partial charge on any atom is -0.392 e. The van der Waals surface area contributed by atoms with Gasteiger partial charge in [0.05, 0.1) is 0 Å². The van der Waals surface area contributed by atoms with E-state index in [2.05, 4.69) is 68.5 Å². The van der Waals surface area contributed by atoms with Gasteiger partial charge in [-0.25, -0.2) is 0 Å². The molecule has 6 heteroatoms. The molecule has 0 aliphatic rings. The molecule has 0 rings (SSSR count). The Hall–Kier alpha value is 0.274. The summed E-state index contributed by atoms with van der Waals surface area (Å²) in [6.07, 6.45) is 5.74. The van der Waals surface area contributed by atoms with Gasteiger partial charge in [0.15, 0.2) is 0 Å². The maximum absolute atomic E-state index is 6.18. The highest BCUT2D eigenvalue weighted by Crippen LogP contribution is 2.24. The van der Waals surface area contributed by atoms with Gasteiger partial charge in [-0.05, 0) is 80.6 Å². The molecule has 4 nitrogen and oxygen atoms in total. The quantitative estimate of drug-likeness (QED) is 0.233. The second kappa shape index (κ2) is 12.7. The Kier molecular flexibility index (Phi) is 12.8. The van der Waals surface area contributed by atoms with Crippen molar-refractivity contribution in [1.29, 1.82) is 0 Å². The summed E-state index contributed by atoms with van der Waals surface area (Å²) in [5, 5.41) is 0. The van der Waals surface area contributed by atoms with Crippen LogP contribution >= 0.6 is 0 Å². The lowest BCUT2D eigenvalue weighted by Crippen LogP contribution is -2.43. The lowest BCUT2D eigenvalue weighted by atomic mass is 10.2. The van der Waals surface area contributed by atoms with E-state index in [-0.39, 0.29) is 24.4 Å². The zero-order valence-corrected chi connectivity index (χ0v) is 21.2. The van der Waals surface area contributed by atoms with Gasteiger partial charge in [-0.15, -0.1) is 0 Å². The molecule has 0 spiro atoms. The molecular formula is C20H46O4Si2. The van der Waals surface area contributed by atoms with Gasteiger partial charge in [0.25, 0.3) is 0 Å². The Labute approximate surface area is 165 Å².